The zero-order valence-electron chi connectivity index (χ0n) is 7.14. The highest BCUT2D eigenvalue weighted by atomic mass is 79.9. The van der Waals surface area contributed by atoms with E-state index in [1.807, 2.05) is 12.1 Å². The van der Waals surface area contributed by atoms with Crippen molar-refractivity contribution in [3.8, 4) is 0 Å². The average Bonchev–Trinajstić information content (AvgIpc) is 2.47. The molecule has 2 heterocycles. The van der Waals surface area contributed by atoms with Crippen molar-refractivity contribution in [2.24, 2.45) is 0 Å². The first-order valence-electron chi connectivity index (χ1n) is 4.00. The van der Waals surface area contributed by atoms with E-state index in [0.717, 1.165) is 15.6 Å². The van der Waals surface area contributed by atoms with Crippen LogP contribution in [0.15, 0.2) is 29.0 Å². The molecule has 0 fully saturated rings. The van der Waals surface area contributed by atoms with Crippen molar-refractivity contribution in [3.63, 3.8) is 0 Å². The number of pyridine rings is 1. The molecule has 2 aromatic rings. The predicted octanol–water partition coefficient (Wildman–Crippen LogP) is 1.72. The summed E-state index contributed by atoms with van der Waals surface area (Å²) in [7, 11) is 0. The summed E-state index contributed by atoms with van der Waals surface area (Å²) in [4.78, 5) is 10.5. The molecule has 0 atom stereocenters. The Morgan fingerprint density at radius 1 is 1.57 bits per heavy atom. The third-order valence-corrected chi connectivity index (χ3v) is 2.37. The van der Waals surface area contributed by atoms with Crippen LogP contribution in [-0.2, 0) is 11.2 Å². The van der Waals surface area contributed by atoms with Crippen molar-refractivity contribution in [2.75, 3.05) is 0 Å². The second kappa shape index (κ2) is 3.42. The summed E-state index contributed by atoms with van der Waals surface area (Å²) in [5.41, 5.74) is 1.56. The van der Waals surface area contributed by atoms with E-state index >= 15 is 0 Å². The fourth-order valence-corrected chi connectivity index (χ4v) is 1.64. The van der Waals surface area contributed by atoms with Crippen LogP contribution in [0.4, 0.5) is 0 Å². The Labute approximate surface area is 88.3 Å². The Bertz CT molecular complexity index is 493. The van der Waals surface area contributed by atoms with Gasteiger partial charge in [-0.15, -0.1) is 0 Å². The van der Waals surface area contributed by atoms with Crippen LogP contribution in [0.3, 0.4) is 0 Å². The molecular formula is C9H7BrN2O2. The lowest BCUT2D eigenvalue weighted by atomic mass is 10.2. The average molecular weight is 255 g/mol. The van der Waals surface area contributed by atoms with Gasteiger partial charge in [-0.3, -0.25) is 4.79 Å². The molecule has 0 aliphatic carbocycles. The van der Waals surface area contributed by atoms with Crippen molar-refractivity contribution in [2.45, 2.75) is 6.42 Å². The molecule has 0 unspecified atom stereocenters. The Hall–Kier alpha value is -1.36. The van der Waals surface area contributed by atoms with Gasteiger partial charge in [-0.25, -0.2) is 4.52 Å². The second-order valence-corrected chi connectivity index (χ2v) is 3.83. The van der Waals surface area contributed by atoms with Crippen molar-refractivity contribution < 1.29 is 9.90 Å². The summed E-state index contributed by atoms with van der Waals surface area (Å²) in [5, 5.41) is 12.7. The molecule has 2 rings (SSSR count). The zero-order valence-corrected chi connectivity index (χ0v) is 8.73. The Kier molecular flexibility index (Phi) is 2.25. The minimum atomic E-state index is -0.845. The fourth-order valence-electron chi connectivity index (χ4n) is 1.31. The first-order chi connectivity index (χ1) is 6.66. The Morgan fingerprint density at radius 3 is 3.07 bits per heavy atom. The molecule has 0 saturated carbocycles. The van der Waals surface area contributed by atoms with Gasteiger partial charge in [0.15, 0.2) is 0 Å². The van der Waals surface area contributed by atoms with Crippen molar-refractivity contribution in [1.29, 1.82) is 0 Å². The van der Waals surface area contributed by atoms with Gasteiger partial charge in [0, 0.05) is 16.2 Å². The van der Waals surface area contributed by atoms with Gasteiger partial charge < -0.3 is 5.11 Å². The Balaban J connectivity index is 2.52. The molecule has 0 radical (unpaired) electrons. The monoisotopic (exact) mass is 254 g/mol. The van der Waals surface area contributed by atoms with Crippen molar-refractivity contribution in [1.82, 2.24) is 9.61 Å². The maximum absolute atomic E-state index is 10.5. The first kappa shape index (κ1) is 9.21. The molecule has 0 aliphatic rings. The van der Waals surface area contributed by atoms with Crippen LogP contribution in [0, 0.1) is 0 Å². The topological polar surface area (TPSA) is 54.6 Å². The summed E-state index contributed by atoms with van der Waals surface area (Å²) in [6.45, 7) is 0. The summed E-state index contributed by atoms with van der Waals surface area (Å²) in [6.07, 6.45) is 3.38. The number of rotatable bonds is 2. The molecule has 4 nitrogen and oxygen atoms in total. The largest absolute Gasteiger partial charge is 0.481 e. The molecule has 0 bridgehead atoms. The molecule has 14 heavy (non-hydrogen) atoms. The molecule has 0 amide bonds. The van der Waals surface area contributed by atoms with E-state index in [1.165, 1.54) is 0 Å². The fraction of sp³-hybridized carbons (Fsp3) is 0.111. The minimum absolute atomic E-state index is 0.00509. The lowest BCUT2D eigenvalue weighted by Crippen LogP contribution is -1.99. The van der Waals surface area contributed by atoms with Crippen LogP contribution in [0.1, 0.15) is 5.56 Å². The van der Waals surface area contributed by atoms with E-state index in [4.69, 9.17) is 5.11 Å². The molecule has 0 aromatic carbocycles. The van der Waals surface area contributed by atoms with E-state index in [9.17, 15) is 4.79 Å². The number of hydrogen-bond acceptors (Lipinski definition) is 2. The summed E-state index contributed by atoms with van der Waals surface area (Å²) >= 11 is 3.32. The lowest BCUT2D eigenvalue weighted by molar-refractivity contribution is -0.136. The maximum Gasteiger partial charge on any atom is 0.307 e. The number of nitrogens with zero attached hydrogens (tertiary/aromatic N) is 2. The molecule has 2 aromatic heterocycles. The van der Waals surface area contributed by atoms with Gasteiger partial charge in [0.05, 0.1) is 18.1 Å². The van der Waals surface area contributed by atoms with E-state index in [2.05, 4.69) is 21.0 Å². The van der Waals surface area contributed by atoms with Crippen LogP contribution in [0.25, 0.3) is 5.52 Å². The highest BCUT2D eigenvalue weighted by Gasteiger charge is 2.07. The number of carboxylic acid groups (broad SMARTS) is 1. The quantitative estimate of drug-likeness (QED) is 0.888. The number of carbonyl (C=O) groups is 1. The minimum Gasteiger partial charge on any atom is -0.481 e. The molecule has 5 heteroatoms. The van der Waals surface area contributed by atoms with Gasteiger partial charge in [-0.1, -0.05) is 0 Å². The maximum atomic E-state index is 10.5. The highest BCUT2D eigenvalue weighted by molar-refractivity contribution is 9.10. The number of fused-ring (bicyclic) bond motifs is 1. The lowest BCUT2D eigenvalue weighted by Gasteiger charge is -1.96. The number of hydrogen-bond donors (Lipinski definition) is 1. The summed E-state index contributed by atoms with van der Waals surface area (Å²) in [5.74, 6) is -0.845. The van der Waals surface area contributed by atoms with E-state index in [1.54, 1.807) is 16.9 Å². The zero-order chi connectivity index (χ0) is 10.1. The standard InChI is InChI=1S/C9H7BrN2O2/c10-7-1-2-8-6(3-9(13)14)4-11-12(8)5-7/h1-2,4-5H,3H2,(H,13,14). The van der Waals surface area contributed by atoms with E-state index in [-0.39, 0.29) is 6.42 Å². The van der Waals surface area contributed by atoms with E-state index in [0.29, 0.717) is 0 Å². The Morgan fingerprint density at radius 2 is 2.36 bits per heavy atom. The summed E-state index contributed by atoms with van der Waals surface area (Å²) in [6, 6.07) is 3.71. The van der Waals surface area contributed by atoms with Crippen LogP contribution in [-0.4, -0.2) is 20.7 Å². The van der Waals surface area contributed by atoms with Gasteiger partial charge >= 0.3 is 5.97 Å². The SMILES string of the molecule is O=C(O)Cc1cnn2cc(Br)ccc12. The molecular weight excluding hydrogens is 248 g/mol. The van der Waals surface area contributed by atoms with Crippen molar-refractivity contribution >= 4 is 27.4 Å². The van der Waals surface area contributed by atoms with Crippen LogP contribution in [0.2, 0.25) is 0 Å². The molecule has 0 saturated heterocycles. The molecule has 1 N–H and O–H groups in total. The predicted molar refractivity (Wildman–Crippen MR) is 54.2 cm³/mol. The van der Waals surface area contributed by atoms with Crippen LogP contribution in [0.5, 0.6) is 0 Å². The smallest absolute Gasteiger partial charge is 0.307 e. The third-order valence-electron chi connectivity index (χ3n) is 1.90. The van der Waals surface area contributed by atoms with E-state index < -0.39 is 5.97 Å². The van der Waals surface area contributed by atoms with Gasteiger partial charge in [-0.05, 0) is 28.1 Å². The molecule has 72 valence electrons. The highest BCUT2D eigenvalue weighted by Crippen LogP contribution is 2.15. The number of halogens is 1. The van der Waals surface area contributed by atoms with Gasteiger partial charge in [0.25, 0.3) is 0 Å². The summed E-state index contributed by atoms with van der Waals surface area (Å²) < 4.78 is 2.57. The van der Waals surface area contributed by atoms with Crippen LogP contribution >= 0.6 is 15.9 Å². The third kappa shape index (κ3) is 1.63. The van der Waals surface area contributed by atoms with Gasteiger partial charge in [-0.2, -0.15) is 5.10 Å². The number of carboxylic acids is 1. The van der Waals surface area contributed by atoms with Gasteiger partial charge in [0.1, 0.15) is 0 Å². The molecule has 0 spiro atoms. The van der Waals surface area contributed by atoms with Gasteiger partial charge in [0.2, 0.25) is 0 Å². The number of aliphatic carboxylic acids is 1. The first-order valence-corrected chi connectivity index (χ1v) is 4.79. The van der Waals surface area contributed by atoms with Crippen molar-refractivity contribution in [3.05, 3.63) is 34.6 Å². The van der Waals surface area contributed by atoms with Crippen LogP contribution < -0.4 is 0 Å². The second-order valence-electron chi connectivity index (χ2n) is 2.92. The molecule has 0 aliphatic heterocycles. The normalized spacial score (nSPS) is 10.6. The number of aromatic nitrogens is 2.